The molecule has 20 heavy (non-hydrogen) atoms. The van der Waals surface area contributed by atoms with Crippen molar-refractivity contribution >= 4 is 0 Å². The van der Waals surface area contributed by atoms with E-state index >= 15 is 0 Å². The lowest BCUT2D eigenvalue weighted by Crippen LogP contribution is -2.61. The molecule has 0 aromatic carbocycles. The predicted molar refractivity (Wildman–Crippen MR) is 73.5 cm³/mol. The summed E-state index contributed by atoms with van der Waals surface area (Å²) in [6.45, 7) is 0.599. The second-order valence-electron chi connectivity index (χ2n) is 5.56. The van der Waals surface area contributed by atoms with Gasteiger partial charge in [-0.3, -0.25) is 0 Å². The number of aliphatic hydroxyl groups is 1. The second-order valence-corrected chi connectivity index (χ2v) is 5.56. The third-order valence-corrected chi connectivity index (χ3v) is 4.36. The number of methoxy groups -OCH3 is 3. The average molecular weight is 289 g/mol. The summed E-state index contributed by atoms with van der Waals surface area (Å²) >= 11 is 0. The van der Waals surface area contributed by atoms with E-state index < -0.39 is 24.6 Å². The number of hydrogen-bond acceptors (Lipinski definition) is 6. The standard InChI is InChI=1S/C14H27NO5/c1-17-12-11(16)10(8-15-9-6-4-5-7-9)20-14(19-3)13(12)18-2/h9-16H,4-8H2,1-3H3. The number of ether oxygens (including phenoxy) is 4. The Labute approximate surface area is 120 Å². The van der Waals surface area contributed by atoms with Crippen molar-refractivity contribution in [3.8, 4) is 0 Å². The van der Waals surface area contributed by atoms with E-state index in [1.165, 1.54) is 25.7 Å². The molecule has 5 atom stereocenters. The predicted octanol–water partition coefficient (Wildman–Crippen LogP) is 0.281. The van der Waals surface area contributed by atoms with Gasteiger partial charge < -0.3 is 29.4 Å². The van der Waals surface area contributed by atoms with Crippen LogP contribution in [0, 0.1) is 0 Å². The molecule has 6 nitrogen and oxygen atoms in total. The van der Waals surface area contributed by atoms with E-state index in [1.54, 1.807) is 21.3 Å². The van der Waals surface area contributed by atoms with Gasteiger partial charge in [-0.25, -0.2) is 0 Å². The van der Waals surface area contributed by atoms with Gasteiger partial charge in [0.05, 0.1) is 0 Å². The minimum atomic E-state index is -0.731. The van der Waals surface area contributed by atoms with Gasteiger partial charge in [-0.2, -0.15) is 0 Å². The Morgan fingerprint density at radius 3 is 2.25 bits per heavy atom. The molecular weight excluding hydrogens is 262 g/mol. The molecule has 1 saturated carbocycles. The quantitative estimate of drug-likeness (QED) is 0.732. The van der Waals surface area contributed by atoms with Gasteiger partial charge in [0.2, 0.25) is 0 Å². The van der Waals surface area contributed by atoms with E-state index in [0.29, 0.717) is 12.6 Å². The molecular formula is C14H27NO5. The smallest absolute Gasteiger partial charge is 0.186 e. The molecule has 2 fully saturated rings. The van der Waals surface area contributed by atoms with Crippen molar-refractivity contribution in [3.05, 3.63) is 0 Å². The molecule has 0 bridgehead atoms. The number of aliphatic hydroxyl groups excluding tert-OH is 1. The monoisotopic (exact) mass is 289 g/mol. The lowest BCUT2D eigenvalue weighted by molar-refractivity contribution is -0.297. The summed E-state index contributed by atoms with van der Waals surface area (Å²) in [6.07, 6.45) is 2.47. The largest absolute Gasteiger partial charge is 0.388 e. The highest BCUT2D eigenvalue weighted by Gasteiger charge is 2.46. The third-order valence-electron chi connectivity index (χ3n) is 4.36. The molecule has 0 amide bonds. The molecule has 2 rings (SSSR count). The van der Waals surface area contributed by atoms with E-state index in [1.807, 2.05) is 0 Å². The molecule has 1 aliphatic carbocycles. The fraction of sp³-hybridized carbons (Fsp3) is 1.00. The molecule has 5 unspecified atom stereocenters. The molecule has 0 spiro atoms. The van der Waals surface area contributed by atoms with Gasteiger partial charge in [0.15, 0.2) is 6.29 Å². The second kappa shape index (κ2) is 7.68. The minimum absolute atomic E-state index is 0.350. The van der Waals surface area contributed by atoms with Gasteiger partial charge in [0.1, 0.15) is 24.4 Å². The molecule has 0 radical (unpaired) electrons. The Bertz CT molecular complexity index is 285. The first-order chi connectivity index (χ1) is 9.71. The summed E-state index contributed by atoms with van der Waals surface area (Å²) in [4.78, 5) is 0. The molecule has 118 valence electrons. The van der Waals surface area contributed by atoms with Crippen LogP contribution in [-0.4, -0.2) is 69.7 Å². The van der Waals surface area contributed by atoms with E-state index in [9.17, 15) is 5.11 Å². The fourth-order valence-electron chi connectivity index (χ4n) is 3.18. The first-order valence-corrected chi connectivity index (χ1v) is 7.36. The summed E-state index contributed by atoms with van der Waals surface area (Å²) in [5.74, 6) is 0. The topological polar surface area (TPSA) is 69.2 Å². The van der Waals surface area contributed by atoms with Crippen LogP contribution in [0.3, 0.4) is 0 Å². The van der Waals surface area contributed by atoms with Crippen LogP contribution >= 0.6 is 0 Å². The normalized spacial score (nSPS) is 39.3. The van der Waals surface area contributed by atoms with Crippen LogP contribution in [0.1, 0.15) is 25.7 Å². The third kappa shape index (κ3) is 3.50. The van der Waals surface area contributed by atoms with Crippen molar-refractivity contribution in [2.75, 3.05) is 27.9 Å². The number of nitrogens with one attached hydrogen (secondary N) is 1. The summed E-state index contributed by atoms with van der Waals surface area (Å²) in [5, 5.41) is 13.9. The Balaban J connectivity index is 1.93. The zero-order valence-corrected chi connectivity index (χ0v) is 12.6. The van der Waals surface area contributed by atoms with E-state index in [4.69, 9.17) is 18.9 Å². The molecule has 1 aliphatic heterocycles. The molecule has 0 aromatic heterocycles. The Hall–Kier alpha value is -0.240. The van der Waals surface area contributed by atoms with Crippen molar-refractivity contribution in [2.45, 2.75) is 62.4 Å². The fourth-order valence-corrected chi connectivity index (χ4v) is 3.18. The van der Waals surface area contributed by atoms with Crippen molar-refractivity contribution in [2.24, 2.45) is 0 Å². The lowest BCUT2D eigenvalue weighted by Gasteiger charge is -2.43. The minimum Gasteiger partial charge on any atom is -0.388 e. The van der Waals surface area contributed by atoms with Crippen LogP contribution < -0.4 is 5.32 Å². The zero-order chi connectivity index (χ0) is 14.5. The summed E-state index contributed by atoms with van der Waals surface area (Å²) < 4.78 is 21.8. The lowest BCUT2D eigenvalue weighted by atomic mass is 9.98. The van der Waals surface area contributed by atoms with Crippen LogP contribution in [0.5, 0.6) is 0 Å². The molecule has 2 aliphatic rings. The van der Waals surface area contributed by atoms with Crippen molar-refractivity contribution in [3.63, 3.8) is 0 Å². The summed E-state index contributed by atoms with van der Waals surface area (Å²) in [6, 6.07) is 0.535. The molecule has 2 N–H and O–H groups in total. The summed E-state index contributed by atoms with van der Waals surface area (Å²) in [5.41, 5.74) is 0. The van der Waals surface area contributed by atoms with Crippen molar-refractivity contribution < 1.29 is 24.1 Å². The maximum Gasteiger partial charge on any atom is 0.186 e. The Morgan fingerprint density at radius 1 is 1.05 bits per heavy atom. The molecule has 1 heterocycles. The summed E-state index contributed by atoms with van der Waals surface area (Å²) in [7, 11) is 4.71. The van der Waals surface area contributed by atoms with E-state index in [-0.39, 0.29) is 6.10 Å². The van der Waals surface area contributed by atoms with Crippen molar-refractivity contribution in [1.82, 2.24) is 5.32 Å². The first kappa shape index (κ1) is 16.1. The van der Waals surface area contributed by atoms with Gasteiger partial charge >= 0.3 is 0 Å². The van der Waals surface area contributed by atoms with E-state index in [0.717, 1.165) is 0 Å². The first-order valence-electron chi connectivity index (χ1n) is 7.36. The number of rotatable bonds is 6. The van der Waals surface area contributed by atoms with Crippen LogP contribution in [0.25, 0.3) is 0 Å². The van der Waals surface area contributed by atoms with Gasteiger partial charge in [0.25, 0.3) is 0 Å². The van der Waals surface area contributed by atoms with Gasteiger partial charge in [-0.05, 0) is 12.8 Å². The molecule has 1 saturated heterocycles. The maximum atomic E-state index is 10.4. The average Bonchev–Trinajstić information content (AvgIpc) is 2.98. The molecule has 0 aromatic rings. The highest BCUT2D eigenvalue weighted by Crippen LogP contribution is 2.26. The van der Waals surface area contributed by atoms with Crippen molar-refractivity contribution in [1.29, 1.82) is 0 Å². The highest BCUT2D eigenvalue weighted by atomic mass is 16.7. The SMILES string of the molecule is COC1OC(CNC2CCCC2)C(O)C(OC)C1OC. The Kier molecular flexibility index (Phi) is 6.20. The van der Waals surface area contributed by atoms with Crippen LogP contribution in [0.2, 0.25) is 0 Å². The van der Waals surface area contributed by atoms with Gasteiger partial charge in [-0.15, -0.1) is 0 Å². The van der Waals surface area contributed by atoms with Gasteiger partial charge in [0, 0.05) is 33.9 Å². The van der Waals surface area contributed by atoms with Crippen LogP contribution in [0.4, 0.5) is 0 Å². The number of hydrogen-bond donors (Lipinski definition) is 2. The van der Waals surface area contributed by atoms with Crippen LogP contribution in [-0.2, 0) is 18.9 Å². The van der Waals surface area contributed by atoms with Gasteiger partial charge in [-0.1, -0.05) is 12.8 Å². The zero-order valence-electron chi connectivity index (χ0n) is 12.6. The van der Waals surface area contributed by atoms with Crippen LogP contribution in [0.15, 0.2) is 0 Å². The Morgan fingerprint density at radius 2 is 1.70 bits per heavy atom. The maximum absolute atomic E-state index is 10.4. The molecule has 6 heteroatoms. The van der Waals surface area contributed by atoms with E-state index in [2.05, 4.69) is 5.32 Å². The highest BCUT2D eigenvalue weighted by molar-refractivity contribution is 4.92.